The molecule has 0 radical (unpaired) electrons. The van der Waals surface area contributed by atoms with Crippen LogP contribution in [0.3, 0.4) is 0 Å². The van der Waals surface area contributed by atoms with E-state index in [0.29, 0.717) is 18.3 Å². The highest BCUT2D eigenvalue weighted by Gasteiger charge is 2.64. The zero-order chi connectivity index (χ0) is 15.3. The Hall–Kier alpha value is -0.0951. The van der Waals surface area contributed by atoms with Gasteiger partial charge >= 0.3 is 7.12 Å². The molecule has 0 aliphatic heterocycles. The van der Waals surface area contributed by atoms with E-state index < -0.39 is 24.8 Å². The summed E-state index contributed by atoms with van der Waals surface area (Å²) in [7, 11) is -1.01. The molecule has 5 heteroatoms. The maximum Gasteiger partial charge on any atom is 0.472 e. The average Bonchev–Trinajstić information content (AvgIpc) is 2.31. The SMILES string of the molecule is CC(C)C[C@@H](N)B(O)O[C@]1(C)[C@@H]2C[C@H](C[C@@H]1O)C2(C)C. The topological polar surface area (TPSA) is 75.7 Å². The largest absolute Gasteiger partial charge is 0.472 e. The van der Waals surface area contributed by atoms with Crippen LogP contribution in [0, 0.1) is 23.2 Å². The second-order valence-electron chi connectivity index (χ2n) is 8.04. The molecule has 4 N–H and O–H groups in total. The molecule has 5 atom stereocenters. The number of hydrogen-bond acceptors (Lipinski definition) is 4. The van der Waals surface area contributed by atoms with Crippen LogP contribution in [-0.4, -0.2) is 34.9 Å². The van der Waals surface area contributed by atoms with Crippen LogP contribution in [-0.2, 0) is 4.65 Å². The van der Waals surface area contributed by atoms with E-state index in [2.05, 4.69) is 27.7 Å². The minimum atomic E-state index is -1.01. The first-order valence-electron chi connectivity index (χ1n) is 7.88. The van der Waals surface area contributed by atoms with E-state index in [1.807, 2.05) is 6.92 Å². The lowest BCUT2D eigenvalue weighted by Crippen LogP contribution is -2.69. The molecule has 3 aliphatic rings. The molecule has 2 bridgehead atoms. The van der Waals surface area contributed by atoms with E-state index in [9.17, 15) is 10.1 Å². The van der Waals surface area contributed by atoms with Gasteiger partial charge in [-0.3, -0.25) is 0 Å². The summed E-state index contributed by atoms with van der Waals surface area (Å²) in [4.78, 5) is 0. The fourth-order valence-corrected chi connectivity index (χ4v) is 4.29. The van der Waals surface area contributed by atoms with Crippen LogP contribution in [0.25, 0.3) is 0 Å². The van der Waals surface area contributed by atoms with Crippen LogP contribution in [0.4, 0.5) is 0 Å². The van der Waals surface area contributed by atoms with Crippen molar-refractivity contribution in [1.82, 2.24) is 0 Å². The van der Waals surface area contributed by atoms with Gasteiger partial charge in [-0.05, 0) is 49.4 Å². The van der Waals surface area contributed by atoms with Crippen LogP contribution in [0.15, 0.2) is 0 Å². The molecule has 3 aliphatic carbocycles. The summed E-state index contributed by atoms with van der Waals surface area (Å²) in [5.41, 5.74) is 5.50. The summed E-state index contributed by atoms with van der Waals surface area (Å²) in [6, 6.07) is 0. The van der Waals surface area contributed by atoms with Gasteiger partial charge in [0.1, 0.15) is 0 Å². The second kappa shape index (κ2) is 5.27. The number of aliphatic hydroxyl groups excluding tert-OH is 1. The molecule has 0 saturated heterocycles. The van der Waals surface area contributed by atoms with E-state index in [-0.39, 0.29) is 11.3 Å². The minimum absolute atomic E-state index is 0.176. The second-order valence-corrected chi connectivity index (χ2v) is 8.04. The number of fused-ring (bicyclic) bond motifs is 2. The molecule has 0 aromatic rings. The highest BCUT2D eigenvalue weighted by molar-refractivity contribution is 6.45. The van der Waals surface area contributed by atoms with Crippen LogP contribution in [0.5, 0.6) is 0 Å². The Morgan fingerprint density at radius 1 is 1.30 bits per heavy atom. The predicted octanol–water partition coefficient (Wildman–Crippen LogP) is 1.58. The molecule has 3 rings (SSSR count). The van der Waals surface area contributed by atoms with Crippen molar-refractivity contribution in [1.29, 1.82) is 0 Å². The van der Waals surface area contributed by atoms with Crippen molar-refractivity contribution >= 4 is 7.12 Å². The van der Waals surface area contributed by atoms with Gasteiger partial charge in [-0.2, -0.15) is 0 Å². The minimum Gasteiger partial charge on any atom is -0.426 e. The molecular formula is C15H30BNO3. The van der Waals surface area contributed by atoms with Crippen molar-refractivity contribution in [3.05, 3.63) is 0 Å². The lowest BCUT2D eigenvalue weighted by atomic mass is 9.43. The average molecular weight is 283 g/mol. The quantitative estimate of drug-likeness (QED) is 0.670. The van der Waals surface area contributed by atoms with Crippen LogP contribution in [0.2, 0.25) is 0 Å². The summed E-state index contributed by atoms with van der Waals surface area (Å²) in [6.45, 7) is 10.6. The van der Waals surface area contributed by atoms with Crippen LogP contribution < -0.4 is 5.73 Å². The van der Waals surface area contributed by atoms with Gasteiger partial charge in [0, 0.05) is 5.94 Å². The molecule has 0 aromatic carbocycles. The van der Waals surface area contributed by atoms with E-state index in [1.165, 1.54) is 0 Å². The lowest BCUT2D eigenvalue weighted by Gasteiger charge is -2.66. The fourth-order valence-electron chi connectivity index (χ4n) is 4.29. The third-order valence-electron chi connectivity index (χ3n) is 5.82. The first-order chi connectivity index (χ1) is 9.09. The molecule has 0 spiro atoms. The molecule has 0 unspecified atom stereocenters. The molecule has 4 nitrogen and oxygen atoms in total. The molecule has 0 amide bonds. The predicted molar refractivity (Wildman–Crippen MR) is 80.9 cm³/mol. The third-order valence-corrected chi connectivity index (χ3v) is 5.82. The van der Waals surface area contributed by atoms with Gasteiger partial charge in [0.2, 0.25) is 0 Å². The van der Waals surface area contributed by atoms with Crippen LogP contribution >= 0.6 is 0 Å². The summed E-state index contributed by atoms with van der Waals surface area (Å²) in [6.07, 6.45) is 2.03. The highest BCUT2D eigenvalue weighted by atomic mass is 16.5. The van der Waals surface area contributed by atoms with Gasteiger partial charge in [0.05, 0.1) is 11.7 Å². The third kappa shape index (κ3) is 2.54. The number of nitrogens with two attached hydrogens (primary N) is 1. The molecule has 3 fully saturated rings. The van der Waals surface area contributed by atoms with Gasteiger partial charge < -0.3 is 20.5 Å². The highest BCUT2D eigenvalue weighted by Crippen LogP contribution is 2.63. The molecular weight excluding hydrogens is 253 g/mol. The van der Waals surface area contributed by atoms with E-state index in [1.54, 1.807) is 0 Å². The Bertz CT molecular complexity index is 363. The van der Waals surface area contributed by atoms with Crippen molar-refractivity contribution in [2.24, 2.45) is 28.9 Å². The summed E-state index contributed by atoms with van der Waals surface area (Å²) in [5, 5.41) is 20.6. The van der Waals surface area contributed by atoms with Crippen molar-refractivity contribution in [2.45, 2.75) is 71.5 Å². The monoisotopic (exact) mass is 283 g/mol. The van der Waals surface area contributed by atoms with Gasteiger partial charge in [0.25, 0.3) is 0 Å². The van der Waals surface area contributed by atoms with Gasteiger partial charge in [-0.1, -0.05) is 27.7 Å². The first kappa shape index (κ1) is 16.3. The smallest absolute Gasteiger partial charge is 0.426 e. The first-order valence-corrected chi connectivity index (χ1v) is 7.88. The van der Waals surface area contributed by atoms with E-state index >= 15 is 0 Å². The van der Waals surface area contributed by atoms with Crippen molar-refractivity contribution in [2.75, 3.05) is 0 Å². The maximum absolute atomic E-state index is 10.4. The Balaban J connectivity index is 2.06. The van der Waals surface area contributed by atoms with Crippen molar-refractivity contribution in [3.63, 3.8) is 0 Å². The standard InChI is InChI=1S/C15H30BNO3/c1-9(2)6-13(17)16(19)20-15(5)11-7-10(8-12(15)18)14(11,3)4/h9-13,18-19H,6-8,17H2,1-5H3/t10-,11-,12+,13-,15-/m1/s1. The summed E-state index contributed by atoms with van der Waals surface area (Å²) >= 11 is 0. The van der Waals surface area contributed by atoms with Gasteiger partial charge in [0.15, 0.2) is 0 Å². The van der Waals surface area contributed by atoms with Gasteiger partial charge in [-0.25, -0.2) is 0 Å². The molecule has 0 heterocycles. The molecule has 0 aromatic heterocycles. The molecule has 116 valence electrons. The van der Waals surface area contributed by atoms with E-state index in [4.69, 9.17) is 10.4 Å². The Kier molecular flexibility index (Phi) is 4.29. The number of rotatable bonds is 5. The maximum atomic E-state index is 10.4. The van der Waals surface area contributed by atoms with Crippen molar-refractivity contribution < 1.29 is 14.8 Å². The van der Waals surface area contributed by atoms with Gasteiger partial charge in [-0.15, -0.1) is 0 Å². The lowest BCUT2D eigenvalue weighted by molar-refractivity contribution is -0.239. The Labute approximate surface area is 123 Å². The van der Waals surface area contributed by atoms with E-state index in [0.717, 1.165) is 12.8 Å². The Morgan fingerprint density at radius 2 is 1.90 bits per heavy atom. The number of hydrogen-bond donors (Lipinski definition) is 3. The summed E-state index contributed by atoms with van der Waals surface area (Å²) in [5.74, 6) is 0.863. The normalized spacial score (nSPS) is 40.4. The molecule has 3 saturated carbocycles. The summed E-state index contributed by atoms with van der Waals surface area (Å²) < 4.78 is 5.92. The molecule has 20 heavy (non-hydrogen) atoms. The zero-order valence-electron chi connectivity index (χ0n) is 13.5. The Morgan fingerprint density at radius 3 is 2.40 bits per heavy atom. The fraction of sp³-hybridized carbons (Fsp3) is 1.00. The van der Waals surface area contributed by atoms with Crippen LogP contribution in [0.1, 0.15) is 53.9 Å². The van der Waals surface area contributed by atoms with Crippen molar-refractivity contribution in [3.8, 4) is 0 Å². The number of aliphatic hydroxyl groups is 1. The zero-order valence-corrected chi connectivity index (χ0v) is 13.5.